The van der Waals surface area contributed by atoms with Gasteiger partial charge in [0, 0.05) is 19.4 Å². The van der Waals surface area contributed by atoms with E-state index in [1.807, 2.05) is 0 Å². The SMILES string of the molecule is CCCCCCCCCCCC(=O)CCCO. The van der Waals surface area contributed by atoms with Gasteiger partial charge in [-0.2, -0.15) is 0 Å². The monoisotopic (exact) mass is 242 g/mol. The van der Waals surface area contributed by atoms with Crippen LogP contribution in [0.1, 0.15) is 84.0 Å². The predicted molar refractivity (Wildman–Crippen MR) is 73.2 cm³/mol. The molecule has 102 valence electrons. The van der Waals surface area contributed by atoms with Crippen molar-refractivity contribution in [3.63, 3.8) is 0 Å². The number of unbranched alkanes of at least 4 members (excludes halogenated alkanes) is 8. The molecule has 2 heteroatoms. The van der Waals surface area contributed by atoms with Gasteiger partial charge in [-0.1, -0.05) is 58.3 Å². The van der Waals surface area contributed by atoms with E-state index in [-0.39, 0.29) is 6.61 Å². The highest BCUT2D eigenvalue weighted by Gasteiger charge is 2.00. The van der Waals surface area contributed by atoms with Crippen LogP contribution in [0.15, 0.2) is 0 Å². The van der Waals surface area contributed by atoms with E-state index >= 15 is 0 Å². The molecular weight excluding hydrogens is 212 g/mol. The van der Waals surface area contributed by atoms with E-state index in [0.717, 1.165) is 12.8 Å². The first kappa shape index (κ1) is 16.6. The highest BCUT2D eigenvalue weighted by molar-refractivity contribution is 5.78. The first-order valence-corrected chi connectivity index (χ1v) is 7.43. The number of Topliss-reactive ketones (excluding diaryl/α,β-unsaturated/α-hetero) is 1. The molecule has 0 aromatic carbocycles. The first-order valence-electron chi connectivity index (χ1n) is 7.43. The Balaban J connectivity index is 3.05. The third kappa shape index (κ3) is 13.6. The Morgan fingerprint density at radius 1 is 0.765 bits per heavy atom. The highest BCUT2D eigenvalue weighted by atomic mass is 16.3. The van der Waals surface area contributed by atoms with Crippen molar-refractivity contribution in [1.82, 2.24) is 0 Å². The van der Waals surface area contributed by atoms with Crippen LogP contribution in [-0.2, 0) is 4.79 Å². The summed E-state index contributed by atoms with van der Waals surface area (Å²) in [7, 11) is 0. The number of carbonyl (C=O) groups is 1. The summed E-state index contributed by atoms with van der Waals surface area (Å²) < 4.78 is 0. The summed E-state index contributed by atoms with van der Waals surface area (Å²) in [4.78, 5) is 11.3. The number of carbonyl (C=O) groups excluding carboxylic acids is 1. The minimum Gasteiger partial charge on any atom is -0.396 e. The van der Waals surface area contributed by atoms with E-state index in [9.17, 15) is 4.79 Å². The zero-order valence-corrected chi connectivity index (χ0v) is 11.5. The molecule has 0 aliphatic heterocycles. The van der Waals surface area contributed by atoms with E-state index in [1.165, 1.54) is 51.4 Å². The lowest BCUT2D eigenvalue weighted by Gasteiger charge is -2.02. The number of rotatable bonds is 13. The van der Waals surface area contributed by atoms with Gasteiger partial charge in [-0.15, -0.1) is 0 Å². The van der Waals surface area contributed by atoms with Crippen LogP contribution in [-0.4, -0.2) is 17.5 Å². The Bertz CT molecular complexity index is 166. The smallest absolute Gasteiger partial charge is 0.132 e. The molecule has 0 aromatic rings. The maximum Gasteiger partial charge on any atom is 0.132 e. The molecule has 0 amide bonds. The molecule has 0 aliphatic rings. The summed E-state index contributed by atoms with van der Waals surface area (Å²) in [6.07, 6.45) is 13.6. The summed E-state index contributed by atoms with van der Waals surface area (Å²) in [5, 5.41) is 8.59. The van der Waals surface area contributed by atoms with Crippen LogP contribution in [0.25, 0.3) is 0 Å². The average Bonchev–Trinajstić information content (AvgIpc) is 2.34. The standard InChI is InChI=1S/C15H30O2/c1-2-3-4-5-6-7-8-9-10-12-15(17)13-11-14-16/h16H,2-14H2,1H3. The Hall–Kier alpha value is -0.370. The van der Waals surface area contributed by atoms with E-state index in [0.29, 0.717) is 18.6 Å². The normalized spacial score (nSPS) is 10.7. The van der Waals surface area contributed by atoms with Crippen LogP contribution in [0.4, 0.5) is 0 Å². The number of aliphatic hydroxyl groups excluding tert-OH is 1. The topological polar surface area (TPSA) is 37.3 Å². The van der Waals surface area contributed by atoms with Crippen molar-refractivity contribution in [2.45, 2.75) is 84.0 Å². The Labute approximate surface area is 107 Å². The van der Waals surface area contributed by atoms with Crippen LogP contribution in [0.2, 0.25) is 0 Å². The van der Waals surface area contributed by atoms with Crippen molar-refractivity contribution < 1.29 is 9.90 Å². The molecule has 17 heavy (non-hydrogen) atoms. The van der Waals surface area contributed by atoms with Gasteiger partial charge in [-0.25, -0.2) is 0 Å². The van der Waals surface area contributed by atoms with Gasteiger partial charge in [-0.05, 0) is 12.8 Å². The van der Waals surface area contributed by atoms with Gasteiger partial charge in [0.1, 0.15) is 5.78 Å². The zero-order chi connectivity index (χ0) is 12.8. The summed E-state index contributed by atoms with van der Waals surface area (Å²) in [5.74, 6) is 0.321. The molecule has 0 atom stereocenters. The second-order valence-electron chi connectivity index (χ2n) is 4.94. The van der Waals surface area contributed by atoms with Crippen LogP contribution < -0.4 is 0 Å². The summed E-state index contributed by atoms with van der Waals surface area (Å²) in [6.45, 7) is 2.39. The number of ketones is 1. The minimum absolute atomic E-state index is 0.142. The fourth-order valence-corrected chi connectivity index (χ4v) is 2.03. The average molecular weight is 242 g/mol. The van der Waals surface area contributed by atoms with Crippen molar-refractivity contribution in [2.75, 3.05) is 6.61 Å². The minimum atomic E-state index is 0.142. The van der Waals surface area contributed by atoms with Gasteiger partial charge in [0.25, 0.3) is 0 Å². The lowest BCUT2D eigenvalue weighted by Crippen LogP contribution is -1.99. The number of hydrogen-bond acceptors (Lipinski definition) is 2. The van der Waals surface area contributed by atoms with E-state index in [2.05, 4.69) is 6.92 Å². The molecule has 2 nitrogen and oxygen atoms in total. The zero-order valence-electron chi connectivity index (χ0n) is 11.5. The second-order valence-corrected chi connectivity index (χ2v) is 4.94. The second kappa shape index (κ2) is 13.7. The predicted octanol–water partition coefficient (Wildman–Crippen LogP) is 4.25. The molecular formula is C15H30O2. The third-order valence-electron chi connectivity index (χ3n) is 3.17. The van der Waals surface area contributed by atoms with E-state index < -0.39 is 0 Å². The van der Waals surface area contributed by atoms with E-state index in [1.54, 1.807) is 0 Å². The third-order valence-corrected chi connectivity index (χ3v) is 3.17. The molecule has 0 saturated heterocycles. The number of aliphatic hydroxyl groups is 1. The molecule has 0 aliphatic carbocycles. The molecule has 0 unspecified atom stereocenters. The van der Waals surface area contributed by atoms with Crippen molar-refractivity contribution in [1.29, 1.82) is 0 Å². The van der Waals surface area contributed by atoms with Crippen LogP contribution >= 0.6 is 0 Å². The van der Waals surface area contributed by atoms with Crippen LogP contribution in [0.5, 0.6) is 0 Å². The Morgan fingerprint density at radius 2 is 1.24 bits per heavy atom. The van der Waals surface area contributed by atoms with Gasteiger partial charge in [0.05, 0.1) is 0 Å². The molecule has 0 radical (unpaired) electrons. The molecule has 0 rings (SSSR count). The molecule has 0 heterocycles. The molecule has 1 N–H and O–H groups in total. The van der Waals surface area contributed by atoms with Crippen molar-refractivity contribution in [3.05, 3.63) is 0 Å². The van der Waals surface area contributed by atoms with Crippen molar-refractivity contribution >= 4 is 5.78 Å². The maximum absolute atomic E-state index is 11.3. The highest BCUT2D eigenvalue weighted by Crippen LogP contribution is 2.11. The lowest BCUT2D eigenvalue weighted by atomic mass is 10.0. The molecule has 0 aromatic heterocycles. The van der Waals surface area contributed by atoms with Crippen molar-refractivity contribution in [3.8, 4) is 0 Å². The van der Waals surface area contributed by atoms with Gasteiger partial charge in [0.15, 0.2) is 0 Å². The Morgan fingerprint density at radius 3 is 1.76 bits per heavy atom. The Kier molecular flexibility index (Phi) is 13.4. The maximum atomic E-state index is 11.3. The summed E-state index contributed by atoms with van der Waals surface area (Å²) in [6, 6.07) is 0. The fourth-order valence-electron chi connectivity index (χ4n) is 2.03. The van der Waals surface area contributed by atoms with Crippen molar-refractivity contribution in [2.24, 2.45) is 0 Å². The van der Waals surface area contributed by atoms with E-state index in [4.69, 9.17) is 5.11 Å². The van der Waals surface area contributed by atoms with Gasteiger partial charge in [0.2, 0.25) is 0 Å². The lowest BCUT2D eigenvalue weighted by molar-refractivity contribution is -0.119. The van der Waals surface area contributed by atoms with Gasteiger partial charge < -0.3 is 5.11 Å². The molecule has 0 bridgehead atoms. The quantitative estimate of drug-likeness (QED) is 0.490. The van der Waals surface area contributed by atoms with Crippen LogP contribution in [0, 0.1) is 0 Å². The molecule has 0 fully saturated rings. The molecule has 0 saturated carbocycles. The number of hydrogen-bond donors (Lipinski definition) is 1. The fraction of sp³-hybridized carbons (Fsp3) is 0.933. The summed E-state index contributed by atoms with van der Waals surface area (Å²) >= 11 is 0. The van der Waals surface area contributed by atoms with Gasteiger partial charge >= 0.3 is 0 Å². The van der Waals surface area contributed by atoms with Crippen LogP contribution in [0.3, 0.4) is 0 Å². The molecule has 0 spiro atoms. The van der Waals surface area contributed by atoms with Gasteiger partial charge in [-0.3, -0.25) is 4.79 Å². The first-order chi connectivity index (χ1) is 8.31. The summed E-state index contributed by atoms with van der Waals surface area (Å²) in [5.41, 5.74) is 0. The largest absolute Gasteiger partial charge is 0.396 e.